The molecule has 0 atom stereocenters. The van der Waals surface area contributed by atoms with Crippen LogP contribution in [0, 0.1) is 6.92 Å². The van der Waals surface area contributed by atoms with Gasteiger partial charge in [0, 0.05) is 17.8 Å². The van der Waals surface area contributed by atoms with Crippen molar-refractivity contribution in [2.45, 2.75) is 13.8 Å². The van der Waals surface area contributed by atoms with Gasteiger partial charge in [-0.1, -0.05) is 11.2 Å². The predicted octanol–water partition coefficient (Wildman–Crippen LogP) is 2.57. The van der Waals surface area contributed by atoms with E-state index in [-0.39, 0.29) is 19.1 Å². The highest BCUT2D eigenvalue weighted by Crippen LogP contribution is 2.17. The minimum absolute atomic E-state index is 0.200. The fraction of sp³-hybridized carbons (Fsp3) is 0.267. The molecule has 8 heteroatoms. The van der Waals surface area contributed by atoms with Crippen molar-refractivity contribution in [1.29, 1.82) is 0 Å². The molecule has 122 valence electrons. The zero-order chi connectivity index (χ0) is 16.7. The average Bonchev–Trinajstić information content (AvgIpc) is 2.91. The molecule has 0 radical (unpaired) electrons. The van der Waals surface area contributed by atoms with Gasteiger partial charge in [-0.15, -0.1) is 0 Å². The van der Waals surface area contributed by atoms with Crippen LogP contribution in [0.2, 0.25) is 0 Å². The molecule has 0 fully saturated rings. The monoisotopic (exact) mass is 319 g/mol. The third kappa shape index (κ3) is 5.34. The largest absolute Gasteiger partial charge is 0.484 e. The third-order valence-corrected chi connectivity index (χ3v) is 2.62. The first kappa shape index (κ1) is 16.3. The van der Waals surface area contributed by atoms with Gasteiger partial charge in [0.2, 0.25) is 0 Å². The summed E-state index contributed by atoms with van der Waals surface area (Å²) in [6, 6.07) is 8.23. The van der Waals surface area contributed by atoms with Gasteiger partial charge < -0.3 is 19.3 Å². The third-order valence-electron chi connectivity index (χ3n) is 2.62. The van der Waals surface area contributed by atoms with Gasteiger partial charge in [-0.2, -0.15) is 0 Å². The van der Waals surface area contributed by atoms with Crippen LogP contribution < -0.4 is 15.4 Å². The van der Waals surface area contributed by atoms with E-state index in [4.69, 9.17) is 14.0 Å². The number of benzene rings is 1. The van der Waals surface area contributed by atoms with Crippen LogP contribution >= 0.6 is 0 Å². The Morgan fingerprint density at radius 1 is 1.26 bits per heavy atom. The molecule has 2 rings (SSSR count). The molecule has 0 aliphatic heterocycles. The van der Waals surface area contributed by atoms with E-state index in [0.717, 1.165) is 0 Å². The number of ether oxygens (including phenoxy) is 2. The number of hydrogen-bond acceptors (Lipinski definition) is 6. The van der Waals surface area contributed by atoms with E-state index < -0.39 is 6.09 Å². The summed E-state index contributed by atoms with van der Waals surface area (Å²) in [5.41, 5.74) is 0.508. The maximum Gasteiger partial charge on any atom is 0.411 e. The summed E-state index contributed by atoms with van der Waals surface area (Å²) < 4.78 is 15.0. The Morgan fingerprint density at radius 2 is 2.09 bits per heavy atom. The van der Waals surface area contributed by atoms with E-state index in [1.165, 1.54) is 0 Å². The fourth-order valence-corrected chi connectivity index (χ4v) is 1.70. The van der Waals surface area contributed by atoms with Gasteiger partial charge in [0.1, 0.15) is 11.5 Å². The molecule has 0 aliphatic rings. The molecule has 23 heavy (non-hydrogen) atoms. The number of hydrogen-bond donors (Lipinski definition) is 2. The molecule has 8 nitrogen and oxygen atoms in total. The molecule has 2 amide bonds. The molecular weight excluding hydrogens is 302 g/mol. The smallest absolute Gasteiger partial charge is 0.411 e. The van der Waals surface area contributed by atoms with Crippen molar-refractivity contribution < 1.29 is 23.6 Å². The van der Waals surface area contributed by atoms with E-state index in [0.29, 0.717) is 23.0 Å². The van der Waals surface area contributed by atoms with Crippen LogP contribution in [0.1, 0.15) is 12.7 Å². The summed E-state index contributed by atoms with van der Waals surface area (Å²) in [6.45, 7) is 3.52. The van der Waals surface area contributed by atoms with Crippen molar-refractivity contribution in [3.8, 4) is 5.75 Å². The van der Waals surface area contributed by atoms with Crippen LogP contribution in [-0.4, -0.2) is 30.4 Å². The first-order chi connectivity index (χ1) is 11.1. The van der Waals surface area contributed by atoms with Crippen molar-refractivity contribution in [3.05, 3.63) is 36.1 Å². The SMILES string of the molecule is CCOC(=O)Nc1cccc(OCC(=O)Nc2cc(C)on2)c1. The molecule has 0 saturated carbocycles. The van der Waals surface area contributed by atoms with Gasteiger partial charge in [-0.25, -0.2) is 4.79 Å². The molecule has 2 N–H and O–H groups in total. The summed E-state index contributed by atoms with van der Waals surface area (Å²) >= 11 is 0. The highest BCUT2D eigenvalue weighted by molar-refractivity contribution is 5.91. The van der Waals surface area contributed by atoms with E-state index in [9.17, 15) is 9.59 Å². The topological polar surface area (TPSA) is 103 Å². The fourth-order valence-electron chi connectivity index (χ4n) is 1.70. The first-order valence-electron chi connectivity index (χ1n) is 6.96. The quantitative estimate of drug-likeness (QED) is 0.848. The maximum atomic E-state index is 11.7. The molecule has 2 aromatic rings. The molecule has 0 unspecified atom stereocenters. The van der Waals surface area contributed by atoms with Gasteiger partial charge in [0.05, 0.1) is 6.61 Å². The van der Waals surface area contributed by atoms with Crippen molar-refractivity contribution in [2.24, 2.45) is 0 Å². The predicted molar refractivity (Wildman–Crippen MR) is 82.5 cm³/mol. The second kappa shape index (κ2) is 7.83. The van der Waals surface area contributed by atoms with Crippen molar-refractivity contribution in [1.82, 2.24) is 5.16 Å². The van der Waals surface area contributed by atoms with Gasteiger partial charge >= 0.3 is 6.09 Å². The van der Waals surface area contributed by atoms with E-state index in [1.54, 1.807) is 44.2 Å². The molecule has 0 bridgehead atoms. The second-order valence-electron chi connectivity index (χ2n) is 4.53. The van der Waals surface area contributed by atoms with Gasteiger partial charge in [0.25, 0.3) is 5.91 Å². The maximum absolute atomic E-state index is 11.7. The lowest BCUT2D eigenvalue weighted by molar-refractivity contribution is -0.118. The highest BCUT2D eigenvalue weighted by atomic mass is 16.5. The highest BCUT2D eigenvalue weighted by Gasteiger charge is 2.08. The second-order valence-corrected chi connectivity index (χ2v) is 4.53. The molecule has 1 heterocycles. The number of nitrogens with zero attached hydrogens (tertiary/aromatic N) is 1. The molecular formula is C15H17N3O5. The summed E-state index contributed by atoms with van der Waals surface area (Å²) in [7, 11) is 0. The number of amides is 2. The van der Waals surface area contributed by atoms with E-state index >= 15 is 0 Å². The van der Waals surface area contributed by atoms with Crippen molar-refractivity contribution in [2.75, 3.05) is 23.8 Å². The molecule has 1 aromatic carbocycles. The Bertz CT molecular complexity index is 683. The number of nitrogens with one attached hydrogen (secondary N) is 2. The number of anilines is 2. The lowest BCUT2D eigenvalue weighted by Gasteiger charge is -2.08. The standard InChI is InChI=1S/C15H17N3O5/c1-3-21-15(20)16-11-5-4-6-12(8-11)22-9-14(19)17-13-7-10(2)23-18-13/h4-8H,3,9H2,1-2H3,(H,16,20)(H,17,18,19). The average molecular weight is 319 g/mol. The van der Waals surface area contributed by atoms with E-state index in [2.05, 4.69) is 15.8 Å². The number of carbonyl (C=O) groups excluding carboxylic acids is 2. The Kier molecular flexibility index (Phi) is 5.56. The van der Waals surface area contributed by atoms with Crippen LogP contribution in [0.4, 0.5) is 16.3 Å². The van der Waals surface area contributed by atoms with Crippen LogP contribution in [0.15, 0.2) is 34.9 Å². The number of aryl methyl sites for hydroxylation is 1. The zero-order valence-electron chi connectivity index (χ0n) is 12.8. The van der Waals surface area contributed by atoms with Crippen LogP contribution in [0.25, 0.3) is 0 Å². The first-order valence-corrected chi connectivity index (χ1v) is 6.96. The Labute approximate surface area is 132 Å². The minimum atomic E-state index is -0.552. The number of carbonyl (C=O) groups is 2. The van der Waals surface area contributed by atoms with Crippen LogP contribution in [0.3, 0.4) is 0 Å². The van der Waals surface area contributed by atoms with Crippen molar-refractivity contribution in [3.63, 3.8) is 0 Å². The molecule has 1 aromatic heterocycles. The normalized spacial score (nSPS) is 10.0. The molecule has 0 aliphatic carbocycles. The van der Waals surface area contributed by atoms with Crippen LogP contribution in [-0.2, 0) is 9.53 Å². The lowest BCUT2D eigenvalue weighted by Crippen LogP contribution is -2.20. The lowest BCUT2D eigenvalue weighted by atomic mass is 10.3. The molecule has 0 saturated heterocycles. The van der Waals surface area contributed by atoms with Gasteiger partial charge in [0.15, 0.2) is 12.4 Å². The Balaban J connectivity index is 1.85. The van der Waals surface area contributed by atoms with Gasteiger partial charge in [-0.05, 0) is 26.0 Å². The van der Waals surface area contributed by atoms with Crippen molar-refractivity contribution >= 4 is 23.5 Å². The summed E-state index contributed by atoms with van der Waals surface area (Å²) in [6.07, 6.45) is -0.552. The van der Waals surface area contributed by atoms with Crippen LogP contribution in [0.5, 0.6) is 5.75 Å². The van der Waals surface area contributed by atoms with E-state index in [1.807, 2.05) is 0 Å². The number of rotatable bonds is 6. The summed E-state index contributed by atoms with van der Waals surface area (Å²) in [5, 5.41) is 8.74. The van der Waals surface area contributed by atoms with Gasteiger partial charge in [-0.3, -0.25) is 10.1 Å². The minimum Gasteiger partial charge on any atom is -0.484 e. The number of aromatic nitrogens is 1. The zero-order valence-corrected chi connectivity index (χ0v) is 12.8. The summed E-state index contributed by atoms with van der Waals surface area (Å²) in [4.78, 5) is 23.1. The Hall–Kier alpha value is -3.03. The molecule has 0 spiro atoms. The summed E-state index contributed by atoms with van der Waals surface area (Å²) in [5.74, 6) is 0.987. The Morgan fingerprint density at radius 3 is 2.78 bits per heavy atom.